The van der Waals surface area contributed by atoms with Crippen molar-refractivity contribution < 1.29 is 18.7 Å². The lowest BCUT2D eigenvalue weighted by Gasteiger charge is -2.35. The first-order chi connectivity index (χ1) is 15.9. The van der Waals surface area contributed by atoms with Gasteiger partial charge in [-0.05, 0) is 31.3 Å². The van der Waals surface area contributed by atoms with Crippen LogP contribution in [0.15, 0.2) is 36.7 Å². The average Bonchev–Trinajstić information content (AvgIpc) is 3.13. The normalized spacial score (nSPS) is 18.1. The molecule has 172 valence electrons. The molecular weight excluding hydrogens is 449 g/mol. The molecule has 2 aromatic carbocycles. The van der Waals surface area contributed by atoms with Gasteiger partial charge in [-0.3, -0.25) is 4.90 Å². The average molecular weight is 472 g/mol. The number of carbonyl (C=O) groups is 1. The van der Waals surface area contributed by atoms with Crippen molar-refractivity contribution in [2.75, 3.05) is 44.0 Å². The van der Waals surface area contributed by atoms with Crippen molar-refractivity contribution in [2.45, 2.75) is 18.4 Å². The molecule has 2 saturated heterocycles. The van der Waals surface area contributed by atoms with Crippen LogP contribution in [-0.2, 0) is 4.74 Å². The highest BCUT2D eigenvalue weighted by molar-refractivity contribution is 6.31. The highest BCUT2D eigenvalue weighted by Gasteiger charge is 2.47. The fraction of sp³-hybridized carbons (Fsp3) is 0.348. The lowest BCUT2D eigenvalue weighted by atomic mass is 9.91. The number of carbonyl (C=O) groups excluding carboxylic acids is 1. The predicted octanol–water partition coefficient (Wildman–Crippen LogP) is 4.60. The summed E-state index contributed by atoms with van der Waals surface area (Å²) < 4.78 is 25.0. The highest BCUT2D eigenvalue weighted by Crippen LogP contribution is 2.41. The Morgan fingerprint density at radius 3 is 2.73 bits per heavy atom. The minimum Gasteiger partial charge on any atom is -0.494 e. The quantitative estimate of drug-likeness (QED) is 0.595. The lowest BCUT2D eigenvalue weighted by Crippen LogP contribution is -2.45. The molecule has 1 spiro atoms. The third-order valence-electron chi connectivity index (χ3n) is 6.28. The number of anilines is 3. The van der Waals surface area contributed by atoms with Gasteiger partial charge in [0.2, 0.25) is 0 Å². The van der Waals surface area contributed by atoms with Gasteiger partial charge in [-0.1, -0.05) is 11.6 Å². The number of benzene rings is 2. The zero-order valence-corrected chi connectivity index (χ0v) is 19.0. The molecule has 10 heteroatoms. The molecule has 0 radical (unpaired) electrons. The topological polar surface area (TPSA) is 79.8 Å². The van der Waals surface area contributed by atoms with Gasteiger partial charge in [-0.25, -0.2) is 19.2 Å². The molecule has 33 heavy (non-hydrogen) atoms. The summed E-state index contributed by atoms with van der Waals surface area (Å²) in [5.41, 5.74) is 1.29. The molecule has 1 amide bonds. The van der Waals surface area contributed by atoms with Crippen LogP contribution in [0.5, 0.6) is 5.75 Å². The van der Waals surface area contributed by atoms with Crippen molar-refractivity contribution in [3.8, 4) is 5.75 Å². The first-order valence-corrected chi connectivity index (χ1v) is 11.0. The Morgan fingerprint density at radius 1 is 1.21 bits per heavy atom. The Balaban J connectivity index is 1.53. The van der Waals surface area contributed by atoms with E-state index in [-0.39, 0.29) is 5.02 Å². The van der Waals surface area contributed by atoms with Crippen LogP contribution in [-0.4, -0.2) is 60.4 Å². The third-order valence-corrected chi connectivity index (χ3v) is 6.57. The van der Waals surface area contributed by atoms with Gasteiger partial charge in [-0.2, -0.15) is 0 Å². The number of nitrogens with zero attached hydrogens (tertiary/aromatic N) is 4. The van der Waals surface area contributed by atoms with E-state index >= 15 is 0 Å². The fourth-order valence-corrected chi connectivity index (χ4v) is 4.53. The molecule has 3 heterocycles. The number of fused-ring (bicyclic) bond motifs is 1. The van der Waals surface area contributed by atoms with Crippen LogP contribution in [0.25, 0.3) is 10.9 Å². The van der Waals surface area contributed by atoms with Gasteiger partial charge in [0.1, 0.15) is 29.3 Å². The Morgan fingerprint density at radius 2 is 2.00 bits per heavy atom. The molecular formula is C23H23ClFN5O3. The summed E-state index contributed by atoms with van der Waals surface area (Å²) in [5, 5.41) is 3.84. The first kappa shape index (κ1) is 21.7. The summed E-state index contributed by atoms with van der Waals surface area (Å²) in [5.74, 6) is 0.504. The second-order valence-electron chi connectivity index (χ2n) is 8.46. The summed E-state index contributed by atoms with van der Waals surface area (Å²) in [6.07, 6.45) is 2.59. The summed E-state index contributed by atoms with van der Waals surface area (Å²) >= 11 is 5.92. The zero-order chi connectivity index (χ0) is 23.2. The molecule has 8 nitrogen and oxygen atoms in total. The molecule has 2 aliphatic heterocycles. The van der Waals surface area contributed by atoms with Gasteiger partial charge in [0.15, 0.2) is 0 Å². The monoisotopic (exact) mass is 471 g/mol. The molecule has 3 aromatic rings. The van der Waals surface area contributed by atoms with Crippen LogP contribution in [0.1, 0.15) is 12.8 Å². The number of ether oxygens (including phenoxy) is 2. The maximum absolute atomic E-state index is 13.6. The Hall–Kier alpha value is -3.17. The Kier molecular flexibility index (Phi) is 5.46. The fourth-order valence-electron chi connectivity index (χ4n) is 4.35. The van der Waals surface area contributed by atoms with Crippen molar-refractivity contribution >= 4 is 45.8 Å². The van der Waals surface area contributed by atoms with Crippen LogP contribution in [0.3, 0.4) is 0 Å². The molecule has 1 aromatic heterocycles. The van der Waals surface area contributed by atoms with E-state index in [9.17, 15) is 9.18 Å². The van der Waals surface area contributed by atoms with E-state index in [1.165, 1.54) is 18.5 Å². The van der Waals surface area contributed by atoms with E-state index in [0.29, 0.717) is 40.4 Å². The van der Waals surface area contributed by atoms with E-state index in [4.69, 9.17) is 21.1 Å². The van der Waals surface area contributed by atoms with Crippen molar-refractivity contribution in [3.63, 3.8) is 0 Å². The van der Waals surface area contributed by atoms with E-state index in [0.717, 1.165) is 25.9 Å². The molecule has 0 bridgehead atoms. The van der Waals surface area contributed by atoms with Gasteiger partial charge in [0.25, 0.3) is 0 Å². The van der Waals surface area contributed by atoms with Gasteiger partial charge in [-0.15, -0.1) is 0 Å². The third kappa shape index (κ3) is 4.02. The predicted molar refractivity (Wildman–Crippen MR) is 124 cm³/mol. The molecule has 1 N–H and O–H groups in total. The van der Waals surface area contributed by atoms with E-state index < -0.39 is 17.5 Å². The molecule has 2 fully saturated rings. The summed E-state index contributed by atoms with van der Waals surface area (Å²) in [6, 6.07) is 7.92. The maximum atomic E-state index is 13.6. The van der Waals surface area contributed by atoms with E-state index in [2.05, 4.69) is 27.2 Å². The van der Waals surface area contributed by atoms with Gasteiger partial charge in [0.05, 0.1) is 29.9 Å². The van der Waals surface area contributed by atoms with Crippen LogP contribution in [0, 0.1) is 5.82 Å². The maximum Gasteiger partial charge on any atom is 0.415 e. The van der Waals surface area contributed by atoms with Crippen molar-refractivity contribution in [1.82, 2.24) is 14.9 Å². The van der Waals surface area contributed by atoms with Crippen molar-refractivity contribution in [1.29, 1.82) is 0 Å². The highest BCUT2D eigenvalue weighted by atomic mass is 35.5. The molecule has 0 atom stereocenters. The molecule has 5 rings (SSSR count). The standard InChI is InChI=1S/C23H23ClFN5O3/c1-29-7-5-23(6-8-29)12-30(22(31)33-23)19-10-15-18(11-20(19)32-2)26-13-27-21(15)28-14-3-4-17(25)16(24)9-14/h3-4,9-11,13H,5-8,12H2,1-2H3,(H,26,27,28). The zero-order valence-electron chi connectivity index (χ0n) is 18.3. The van der Waals surface area contributed by atoms with Crippen LogP contribution < -0.4 is 15.0 Å². The number of aromatic nitrogens is 2. The van der Waals surface area contributed by atoms with Gasteiger partial charge in [0, 0.05) is 43.1 Å². The largest absolute Gasteiger partial charge is 0.494 e. The second-order valence-corrected chi connectivity index (χ2v) is 8.86. The number of halogens is 2. The van der Waals surface area contributed by atoms with Gasteiger partial charge >= 0.3 is 6.09 Å². The SMILES string of the molecule is COc1cc2ncnc(Nc3ccc(F)c(Cl)c3)c2cc1N1CC2(CCN(C)CC2)OC1=O. The van der Waals surface area contributed by atoms with Crippen LogP contribution >= 0.6 is 11.6 Å². The molecule has 0 unspecified atom stereocenters. The number of amides is 1. The lowest BCUT2D eigenvalue weighted by molar-refractivity contribution is 0.00678. The Labute approximate surface area is 195 Å². The number of hydrogen-bond acceptors (Lipinski definition) is 7. The summed E-state index contributed by atoms with van der Waals surface area (Å²) in [6.45, 7) is 2.20. The van der Waals surface area contributed by atoms with Crippen molar-refractivity contribution in [2.24, 2.45) is 0 Å². The number of rotatable bonds is 4. The minimum atomic E-state index is -0.503. The minimum absolute atomic E-state index is 0.00366. The number of likely N-dealkylation sites (tertiary alicyclic amines) is 1. The number of hydrogen-bond donors (Lipinski definition) is 1. The van der Waals surface area contributed by atoms with E-state index in [1.54, 1.807) is 24.1 Å². The molecule has 0 aliphatic carbocycles. The number of nitrogens with one attached hydrogen (secondary N) is 1. The van der Waals surface area contributed by atoms with Crippen LogP contribution in [0.2, 0.25) is 5.02 Å². The van der Waals surface area contributed by atoms with Crippen LogP contribution in [0.4, 0.5) is 26.4 Å². The molecule has 2 aliphatic rings. The Bertz CT molecular complexity index is 1230. The summed E-state index contributed by atoms with van der Waals surface area (Å²) in [4.78, 5) is 25.5. The number of piperidine rings is 1. The second kappa shape index (κ2) is 8.31. The van der Waals surface area contributed by atoms with E-state index in [1.807, 2.05) is 6.07 Å². The number of methoxy groups -OCH3 is 1. The summed E-state index contributed by atoms with van der Waals surface area (Å²) in [7, 11) is 3.62. The molecule has 0 saturated carbocycles. The first-order valence-electron chi connectivity index (χ1n) is 10.6. The van der Waals surface area contributed by atoms with Crippen molar-refractivity contribution in [3.05, 3.63) is 47.5 Å². The smallest absolute Gasteiger partial charge is 0.415 e. The van der Waals surface area contributed by atoms with Gasteiger partial charge < -0.3 is 19.7 Å².